The minimum atomic E-state index is -4.34. The Kier molecular flexibility index (Phi) is 5.74. The van der Waals surface area contributed by atoms with Gasteiger partial charge in [0, 0.05) is 17.3 Å². The highest BCUT2D eigenvalue weighted by Crippen LogP contribution is 2.25. The monoisotopic (exact) mass is 409 g/mol. The molecule has 0 spiro atoms. The van der Waals surface area contributed by atoms with E-state index in [1.54, 1.807) is 24.3 Å². The molecule has 0 amide bonds. The van der Waals surface area contributed by atoms with Crippen LogP contribution in [0.25, 0.3) is 0 Å². The number of para-hydroxylation sites is 1. The second-order valence-corrected chi connectivity index (χ2v) is 8.07. The average Bonchev–Trinajstić information content (AvgIpc) is 2.69. The highest BCUT2D eigenvalue weighted by atomic mass is 32.2. The number of nitro groups is 1. The van der Waals surface area contributed by atoms with Gasteiger partial charge in [-0.15, -0.1) is 4.40 Å². The fraction of sp³-hybridized carbons (Fsp3) is 0.0952. The van der Waals surface area contributed by atoms with E-state index in [9.17, 15) is 18.5 Å². The number of hydrogen-bond donors (Lipinski definition) is 1. The number of hydrogen-bond acceptors (Lipinski definition) is 4. The van der Waals surface area contributed by atoms with Gasteiger partial charge in [-0.3, -0.25) is 10.1 Å². The summed E-state index contributed by atoms with van der Waals surface area (Å²) >= 11 is 0. The lowest BCUT2D eigenvalue weighted by atomic mass is 10.1. The van der Waals surface area contributed by atoms with E-state index < -0.39 is 25.5 Å². The third-order valence-electron chi connectivity index (χ3n) is 4.19. The minimum absolute atomic E-state index is 0.0759. The van der Waals surface area contributed by atoms with E-state index in [-0.39, 0.29) is 5.84 Å². The summed E-state index contributed by atoms with van der Waals surface area (Å²) in [6, 6.07) is 19.7. The van der Waals surface area contributed by atoms with Crippen molar-refractivity contribution in [2.24, 2.45) is 4.40 Å². The maximum atomic E-state index is 12.9. The lowest BCUT2D eigenvalue weighted by Gasteiger charge is -2.11. The van der Waals surface area contributed by atoms with Gasteiger partial charge in [-0.05, 0) is 32.0 Å². The first-order valence-electron chi connectivity index (χ1n) is 8.75. The first-order chi connectivity index (χ1) is 13.8. The van der Waals surface area contributed by atoms with Gasteiger partial charge in [-0.1, -0.05) is 59.7 Å². The molecular weight excluding hydrogens is 390 g/mol. The molecule has 0 radical (unpaired) electrons. The van der Waals surface area contributed by atoms with Crippen LogP contribution in [0.2, 0.25) is 0 Å². The molecule has 8 heteroatoms. The summed E-state index contributed by atoms with van der Waals surface area (Å²) in [4.78, 5) is 10.1. The van der Waals surface area contributed by atoms with Gasteiger partial charge in [-0.25, -0.2) is 0 Å². The number of benzene rings is 3. The number of sulfonamides is 1. The Labute approximate surface area is 168 Å². The van der Waals surface area contributed by atoms with Crippen LogP contribution in [0, 0.1) is 24.0 Å². The van der Waals surface area contributed by atoms with Crippen molar-refractivity contribution in [2.45, 2.75) is 18.7 Å². The summed E-state index contributed by atoms with van der Waals surface area (Å²) in [6.45, 7) is 3.86. The lowest BCUT2D eigenvalue weighted by molar-refractivity contribution is -0.387. The van der Waals surface area contributed by atoms with Crippen LogP contribution in [0.15, 0.2) is 82.1 Å². The van der Waals surface area contributed by atoms with Gasteiger partial charge in [0.1, 0.15) is 0 Å². The van der Waals surface area contributed by atoms with Crippen molar-refractivity contribution in [3.63, 3.8) is 0 Å². The van der Waals surface area contributed by atoms with Crippen LogP contribution in [0.3, 0.4) is 0 Å². The molecule has 0 aromatic heterocycles. The van der Waals surface area contributed by atoms with E-state index in [1.165, 1.54) is 18.2 Å². The number of aryl methyl sites for hydroxylation is 2. The van der Waals surface area contributed by atoms with E-state index in [2.05, 4.69) is 9.71 Å². The van der Waals surface area contributed by atoms with Crippen LogP contribution in [0.1, 0.15) is 16.7 Å². The number of rotatable bonds is 5. The van der Waals surface area contributed by atoms with Crippen LogP contribution in [0.5, 0.6) is 0 Å². The zero-order valence-electron chi connectivity index (χ0n) is 15.9. The second kappa shape index (κ2) is 8.24. The number of amidine groups is 1. The van der Waals surface area contributed by atoms with Crippen molar-refractivity contribution < 1.29 is 13.3 Å². The van der Waals surface area contributed by atoms with Gasteiger partial charge < -0.3 is 5.32 Å². The molecule has 3 rings (SSSR count). The normalized spacial score (nSPS) is 11.9. The number of nitrogens with one attached hydrogen (secondary N) is 1. The number of nitro benzene ring substituents is 1. The predicted molar refractivity (Wildman–Crippen MR) is 113 cm³/mol. The molecular formula is C21H19N3O4S. The second-order valence-electron chi connectivity index (χ2n) is 6.50. The van der Waals surface area contributed by atoms with E-state index >= 15 is 0 Å². The smallest absolute Gasteiger partial charge is 0.291 e. The molecule has 0 heterocycles. The topological polar surface area (TPSA) is 102 Å². The Morgan fingerprint density at radius 2 is 1.45 bits per heavy atom. The molecule has 0 bridgehead atoms. The molecule has 29 heavy (non-hydrogen) atoms. The largest absolute Gasteiger partial charge is 0.339 e. The molecule has 7 nitrogen and oxygen atoms in total. The summed E-state index contributed by atoms with van der Waals surface area (Å²) in [5.74, 6) is 0.0759. The average molecular weight is 409 g/mol. The van der Waals surface area contributed by atoms with E-state index in [0.29, 0.717) is 11.3 Å². The highest BCUT2D eigenvalue weighted by Gasteiger charge is 2.25. The molecule has 3 aromatic carbocycles. The van der Waals surface area contributed by atoms with Crippen LogP contribution in [-0.2, 0) is 10.0 Å². The van der Waals surface area contributed by atoms with Gasteiger partial charge in [0.05, 0.1) is 4.92 Å². The lowest BCUT2D eigenvalue weighted by Crippen LogP contribution is -2.17. The highest BCUT2D eigenvalue weighted by molar-refractivity contribution is 7.90. The predicted octanol–water partition coefficient (Wildman–Crippen LogP) is 4.46. The Balaban J connectivity index is 2.12. The van der Waals surface area contributed by atoms with Gasteiger partial charge in [0.25, 0.3) is 15.7 Å². The Morgan fingerprint density at radius 1 is 0.897 bits per heavy atom. The molecule has 0 fully saturated rings. The van der Waals surface area contributed by atoms with Gasteiger partial charge in [0.2, 0.25) is 0 Å². The quantitative estimate of drug-likeness (QED) is 0.290. The molecule has 0 unspecified atom stereocenters. The minimum Gasteiger partial charge on any atom is -0.339 e. The third kappa shape index (κ3) is 4.85. The molecule has 3 aromatic rings. The zero-order chi connectivity index (χ0) is 21.0. The van der Waals surface area contributed by atoms with Crippen molar-refractivity contribution in [1.29, 1.82) is 0 Å². The van der Waals surface area contributed by atoms with E-state index in [0.717, 1.165) is 17.2 Å². The standard InChI is InChI=1S/C21H19N3O4S/c1-15-7-11-17(12-8-15)21(22-18-13-9-16(2)10-14-18)23-29(27,28)20-6-4-3-5-19(20)24(25)26/h3-14H,1-2H3,(H,22,23). The summed E-state index contributed by atoms with van der Waals surface area (Å²) in [5, 5.41) is 14.3. The van der Waals surface area contributed by atoms with Crippen molar-refractivity contribution >= 4 is 27.2 Å². The van der Waals surface area contributed by atoms with Crippen LogP contribution >= 0.6 is 0 Å². The van der Waals surface area contributed by atoms with Gasteiger partial charge in [0.15, 0.2) is 10.7 Å². The molecule has 0 aliphatic rings. The first kappa shape index (κ1) is 20.2. The fourth-order valence-corrected chi connectivity index (χ4v) is 3.78. The zero-order valence-corrected chi connectivity index (χ0v) is 16.7. The first-order valence-corrected chi connectivity index (χ1v) is 10.2. The fourth-order valence-electron chi connectivity index (χ4n) is 2.63. The molecule has 0 aliphatic heterocycles. The third-order valence-corrected chi connectivity index (χ3v) is 5.51. The molecule has 0 saturated heterocycles. The van der Waals surface area contributed by atoms with Crippen molar-refractivity contribution in [1.82, 2.24) is 0 Å². The molecule has 0 atom stereocenters. The summed E-state index contributed by atoms with van der Waals surface area (Å²) < 4.78 is 29.8. The van der Waals surface area contributed by atoms with Crippen molar-refractivity contribution in [3.05, 3.63) is 99.6 Å². The van der Waals surface area contributed by atoms with Crippen molar-refractivity contribution in [2.75, 3.05) is 5.32 Å². The van der Waals surface area contributed by atoms with Crippen LogP contribution < -0.4 is 5.32 Å². The maximum Gasteiger partial charge on any atom is 0.291 e. The van der Waals surface area contributed by atoms with Crippen LogP contribution in [0.4, 0.5) is 11.4 Å². The van der Waals surface area contributed by atoms with E-state index in [1.807, 2.05) is 38.1 Å². The van der Waals surface area contributed by atoms with Gasteiger partial charge >= 0.3 is 0 Å². The Bertz CT molecular complexity index is 1170. The van der Waals surface area contributed by atoms with E-state index in [4.69, 9.17) is 0 Å². The Hall–Kier alpha value is -3.52. The van der Waals surface area contributed by atoms with Gasteiger partial charge in [-0.2, -0.15) is 8.42 Å². The number of nitrogens with zero attached hydrogens (tertiary/aromatic N) is 2. The molecule has 0 saturated carbocycles. The summed E-state index contributed by atoms with van der Waals surface area (Å²) in [7, 11) is -4.34. The number of anilines is 1. The maximum absolute atomic E-state index is 12.9. The molecule has 148 valence electrons. The summed E-state index contributed by atoms with van der Waals surface area (Å²) in [6.07, 6.45) is 0. The SMILES string of the molecule is Cc1ccc(NC(=NS(=O)(=O)c2ccccc2[N+](=O)[O-])c2ccc(C)cc2)cc1. The Morgan fingerprint density at radius 3 is 2.03 bits per heavy atom. The molecule has 0 aliphatic carbocycles. The van der Waals surface area contributed by atoms with Crippen LogP contribution in [-0.4, -0.2) is 19.2 Å². The summed E-state index contributed by atoms with van der Waals surface area (Å²) in [5.41, 5.74) is 2.72. The molecule has 1 N–H and O–H groups in total. The van der Waals surface area contributed by atoms with Crippen molar-refractivity contribution in [3.8, 4) is 0 Å².